The molecule has 0 nitrogen and oxygen atoms in total. The number of benzene rings is 10. The second-order valence-electron chi connectivity index (χ2n) is 17.1. The van der Waals surface area contributed by atoms with Crippen molar-refractivity contribution >= 4 is 75.4 Å². The second kappa shape index (κ2) is 13.8. The molecule has 0 fully saturated rings. The van der Waals surface area contributed by atoms with Gasteiger partial charge in [0.2, 0.25) is 0 Å². The van der Waals surface area contributed by atoms with Crippen LogP contribution >= 0.6 is 0 Å². The van der Waals surface area contributed by atoms with Gasteiger partial charge in [0.15, 0.2) is 0 Å². The highest BCUT2D eigenvalue weighted by molar-refractivity contribution is 6.45. The van der Waals surface area contributed by atoms with Crippen LogP contribution in [0, 0.1) is 13.8 Å². The van der Waals surface area contributed by atoms with Crippen LogP contribution in [0.25, 0.3) is 97.7 Å². The molecule has 12 rings (SSSR count). The summed E-state index contributed by atoms with van der Waals surface area (Å²) in [6, 6.07) is 68.7. The number of hydrogen-bond acceptors (Lipinski definition) is 0. The number of hydrogen-bond donors (Lipinski definition) is 0. The van der Waals surface area contributed by atoms with Crippen molar-refractivity contribution in [3.8, 4) is 22.3 Å². The summed E-state index contributed by atoms with van der Waals surface area (Å²) in [4.78, 5) is 0. The van der Waals surface area contributed by atoms with Gasteiger partial charge in [-0.25, -0.2) is 0 Å². The highest BCUT2D eigenvalue weighted by Crippen LogP contribution is 2.55. The van der Waals surface area contributed by atoms with Gasteiger partial charge >= 0.3 is 0 Å². The van der Waals surface area contributed by atoms with Crippen molar-refractivity contribution in [1.29, 1.82) is 0 Å². The third-order valence-electron chi connectivity index (χ3n) is 13.5. The summed E-state index contributed by atoms with van der Waals surface area (Å²) in [7, 11) is 0. The molecule has 0 aliphatic rings. The molecular formula is C60H44. The van der Waals surface area contributed by atoms with Crippen molar-refractivity contribution in [3.63, 3.8) is 0 Å². The SMILES string of the molecule is Cc1cc2c(CCc3ccccc3)c(C)cc3c4c(-c5ccccc5)c5c(cc6c7ccc(CCc8ccccc8)cc7c7cccc5c76)c(-c5ccccc5)c4c(c1)c23. The molecule has 0 bridgehead atoms. The average molecular weight is 765 g/mol. The number of fused-ring (bicyclic) bond motifs is 8. The van der Waals surface area contributed by atoms with Crippen LogP contribution in [0.15, 0.2) is 182 Å². The Balaban J connectivity index is 1.23. The largest absolute Gasteiger partial charge is 0.0622 e. The van der Waals surface area contributed by atoms with Crippen LogP contribution in [0.4, 0.5) is 0 Å². The zero-order valence-corrected chi connectivity index (χ0v) is 34.1. The minimum Gasteiger partial charge on any atom is -0.0622 e. The van der Waals surface area contributed by atoms with Gasteiger partial charge in [-0.05, 0) is 177 Å². The van der Waals surface area contributed by atoms with Crippen LogP contribution in [0.1, 0.15) is 33.4 Å². The molecule has 0 radical (unpaired) electrons. The molecule has 0 aliphatic heterocycles. The molecule has 0 saturated heterocycles. The van der Waals surface area contributed by atoms with Crippen LogP contribution in [-0.4, -0.2) is 0 Å². The summed E-state index contributed by atoms with van der Waals surface area (Å²) in [5.41, 5.74) is 13.5. The molecule has 12 aromatic carbocycles. The Labute approximate surface area is 351 Å². The van der Waals surface area contributed by atoms with E-state index in [-0.39, 0.29) is 0 Å². The third-order valence-corrected chi connectivity index (χ3v) is 13.5. The molecule has 0 unspecified atom stereocenters. The van der Waals surface area contributed by atoms with Crippen molar-refractivity contribution in [1.82, 2.24) is 0 Å². The molecule has 0 amide bonds. The standard InChI is InChI=1S/C60H44/c1-37-32-49-44(30-28-40-18-9-4-10-19-40)38(2)34-52-57(49)51(33-37)59-54(42-20-11-5-12-21-42)53-36-50-45-31-29-41(27-26-39-16-7-3-8-17-39)35-48(45)46-24-15-25-47(56(46)50)58(53)55(60(52)59)43-22-13-6-14-23-43/h3-25,29,31-36H,26-28,30H2,1-2H3. The minimum absolute atomic E-state index is 1.01. The van der Waals surface area contributed by atoms with E-state index in [4.69, 9.17) is 0 Å². The first-order chi connectivity index (χ1) is 29.6. The minimum atomic E-state index is 1.01. The highest BCUT2D eigenvalue weighted by Gasteiger charge is 2.27. The van der Waals surface area contributed by atoms with E-state index in [0.717, 1.165) is 25.7 Å². The fourth-order valence-electron chi connectivity index (χ4n) is 10.9. The lowest BCUT2D eigenvalue weighted by molar-refractivity contribution is 0.959. The van der Waals surface area contributed by atoms with Gasteiger partial charge in [-0.15, -0.1) is 0 Å². The van der Waals surface area contributed by atoms with E-state index in [2.05, 4.69) is 196 Å². The summed E-state index contributed by atoms with van der Waals surface area (Å²) in [5.74, 6) is 0. The van der Waals surface area contributed by atoms with Gasteiger partial charge in [-0.1, -0.05) is 176 Å². The van der Waals surface area contributed by atoms with Gasteiger partial charge in [0, 0.05) is 0 Å². The van der Waals surface area contributed by atoms with Gasteiger partial charge < -0.3 is 0 Å². The Morgan fingerprint density at radius 1 is 0.283 bits per heavy atom. The maximum absolute atomic E-state index is 2.57. The molecular weight excluding hydrogens is 721 g/mol. The van der Waals surface area contributed by atoms with E-state index in [0.29, 0.717) is 0 Å². The Hall–Kier alpha value is -7.02. The van der Waals surface area contributed by atoms with Gasteiger partial charge in [0.05, 0.1) is 0 Å². The molecule has 0 spiro atoms. The molecule has 0 saturated carbocycles. The first-order valence-electron chi connectivity index (χ1n) is 21.6. The van der Waals surface area contributed by atoms with Crippen LogP contribution in [0.5, 0.6) is 0 Å². The predicted octanol–water partition coefficient (Wildman–Crippen LogP) is 16.2. The smallest absolute Gasteiger partial charge is 0.000709 e. The van der Waals surface area contributed by atoms with E-state index in [9.17, 15) is 0 Å². The lowest BCUT2D eigenvalue weighted by Gasteiger charge is -2.19. The monoisotopic (exact) mass is 764 g/mol. The Kier molecular flexibility index (Phi) is 8.04. The van der Waals surface area contributed by atoms with Gasteiger partial charge in [-0.2, -0.15) is 0 Å². The molecule has 60 heavy (non-hydrogen) atoms. The number of aryl methyl sites for hydroxylation is 6. The van der Waals surface area contributed by atoms with Crippen molar-refractivity contribution in [3.05, 3.63) is 215 Å². The van der Waals surface area contributed by atoms with Crippen molar-refractivity contribution in [2.24, 2.45) is 0 Å². The predicted molar refractivity (Wildman–Crippen MR) is 259 cm³/mol. The lowest BCUT2D eigenvalue weighted by atomic mass is 9.83. The van der Waals surface area contributed by atoms with Crippen LogP contribution in [-0.2, 0) is 25.7 Å². The molecule has 284 valence electrons. The Morgan fingerprint density at radius 2 is 0.833 bits per heavy atom. The van der Waals surface area contributed by atoms with Gasteiger partial charge in [0.1, 0.15) is 0 Å². The van der Waals surface area contributed by atoms with Crippen LogP contribution in [0.3, 0.4) is 0 Å². The molecule has 0 aliphatic carbocycles. The molecule has 0 heteroatoms. The quantitative estimate of drug-likeness (QED) is 0.135. The van der Waals surface area contributed by atoms with Crippen molar-refractivity contribution in [2.45, 2.75) is 39.5 Å². The normalized spacial score (nSPS) is 12.1. The van der Waals surface area contributed by atoms with Crippen molar-refractivity contribution < 1.29 is 0 Å². The summed E-state index contributed by atoms with van der Waals surface area (Å²) >= 11 is 0. The summed E-state index contributed by atoms with van der Waals surface area (Å²) in [6.07, 6.45) is 4.09. The number of rotatable bonds is 8. The van der Waals surface area contributed by atoms with E-state index in [1.165, 1.54) is 131 Å². The second-order valence-corrected chi connectivity index (χ2v) is 17.1. The van der Waals surface area contributed by atoms with Crippen molar-refractivity contribution in [2.75, 3.05) is 0 Å². The van der Waals surface area contributed by atoms with E-state index < -0.39 is 0 Å². The summed E-state index contributed by atoms with van der Waals surface area (Å²) < 4.78 is 0. The fraction of sp³-hybridized carbons (Fsp3) is 0.100. The van der Waals surface area contributed by atoms with E-state index in [1.807, 2.05) is 0 Å². The lowest BCUT2D eigenvalue weighted by Crippen LogP contribution is -1.96. The third kappa shape index (κ3) is 5.37. The first-order valence-corrected chi connectivity index (χ1v) is 21.6. The van der Waals surface area contributed by atoms with Crippen LogP contribution < -0.4 is 0 Å². The molecule has 12 aromatic rings. The first kappa shape index (κ1) is 35.0. The topological polar surface area (TPSA) is 0 Å². The Morgan fingerprint density at radius 3 is 1.53 bits per heavy atom. The zero-order chi connectivity index (χ0) is 39.9. The summed E-state index contributed by atoms with van der Waals surface area (Å²) in [5, 5.41) is 19.0. The highest BCUT2D eigenvalue weighted by atomic mass is 14.3. The van der Waals surface area contributed by atoms with E-state index in [1.54, 1.807) is 0 Å². The molecule has 0 aromatic heterocycles. The molecule has 0 heterocycles. The average Bonchev–Trinajstić information content (AvgIpc) is 3.78. The van der Waals surface area contributed by atoms with E-state index >= 15 is 0 Å². The van der Waals surface area contributed by atoms with Crippen LogP contribution in [0.2, 0.25) is 0 Å². The van der Waals surface area contributed by atoms with Gasteiger partial charge in [0.25, 0.3) is 0 Å². The van der Waals surface area contributed by atoms with Gasteiger partial charge in [-0.3, -0.25) is 0 Å². The summed E-state index contributed by atoms with van der Waals surface area (Å²) in [6.45, 7) is 4.64. The molecule has 0 N–H and O–H groups in total. The zero-order valence-electron chi connectivity index (χ0n) is 34.1. The maximum atomic E-state index is 2.57. The fourth-order valence-corrected chi connectivity index (χ4v) is 10.9. The molecule has 0 atom stereocenters. The Bertz CT molecular complexity index is 3560. The maximum Gasteiger partial charge on any atom is -0.000709 e.